The molecule has 0 aliphatic carbocycles. The van der Waals surface area contributed by atoms with Gasteiger partial charge in [-0.2, -0.15) is 0 Å². The first-order valence-electron chi connectivity index (χ1n) is 9.89. The van der Waals surface area contributed by atoms with E-state index in [1.165, 1.54) is 17.4 Å². The topological polar surface area (TPSA) is 90.5 Å². The van der Waals surface area contributed by atoms with Crippen LogP contribution in [0, 0.1) is 0 Å². The van der Waals surface area contributed by atoms with Crippen LogP contribution < -0.4 is 16.0 Å². The summed E-state index contributed by atoms with van der Waals surface area (Å²) in [5, 5.41) is 9.10. The molecule has 1 aliphatic heterocycles. The fourth-order valence-corrected chi connectivity index (χ4v) is 4.72. The minimum Gasteiger partial charge on any atom is -0.354 e. The van der Waals surface area contributed by atoms with Gasteiger partial charge in [-0.1, -0.05) is 55.6 Å². The van der Waals surface area contributed by atoms with Gasteiger partial charge in [-0.15, -0.1) is 11.3 Å². The number of amides is 4. The monoisotopic (exact) mass is 516 g/mol. The fraction of sp³-hybridized carbons (Fsp3) is 0.381. The van der Waals surface area contributed by atoms with Crippen molar-refractivity contribution in [1.29, 1.82) is 0 Å². The number of anilines is 2. The molecule has 0 saturated carbocycles. The molecule has 11 heteroatoms. The van der Waals surface area contributed by atoms with E-state index in [0.29, 0.717) is 30.2 Å². The molecule has 2 heterocycles. The first-order chi connectivity index (χ1) is 15.0. The summed E-state index contributed by atoms with van der Waals surface area (Å²) in [6.45, 7) is 7.19. The summed E-state index contributed by atoms with van der Waals surface area (Å²) in [6.07, 6.45) is 0.237. The van der Waals surface area contributed by atoms with Gasteiger partial charge in [0.25, 0.3) is 5.91 Å². The average molecular weight is 518 g/mol. The van der Waals surface area contributed by atoms with Gasteiger partial charge in [-0.05, 0) is 23.6 Å². The Morgan fingerprint density at radius 3 is 2.50 bits per heavy atom. The third-order valence-electron chi connectivity index (χ3n) is 4.81. The van der Waals surface area contributed by atoms with Crippen LogP contribution in [0.15, 0.2) is 18.2 Å². The lowest BCUT2D eigenvalue weighted by Gasteiger charge is -2.20. The standard InChI is InChI=1S/C21H23Cl3N4O3S/c1-21(2,3)14-10-11(19(30)28-8-6-15(29)25-7-9-28)18(32-14)27-20(31)26-13-5-4-12(22)16(23)17(13)24/h4-5,10H,6-9H2,1-3H3,(H,25,29)(H2,26,27,31). The number of nitrogens with one attached hydrogen (secondary N) is 3. The van der Waals surface area contributed by atoms with Crippen molar-refractivity contribution < 1.29 is 14.4 Å². The molecule has 2 aromatic rings. The maximum Gasteiger partial charge on any atom is 0.324 e. The Kier molecular flexibility index (Phi) is 7.60. The highest BCUT2D eigenvalue weighted by molar-refractivity contribution is 7.16. The van der Waals surface area contributed by atoms with E-state index in [1.54, 1.807) is 17.0 Å². The lowest BCUT2D eigenvalue weighted by Crippen LogP contribution is -2.34. The van der Waals surface area contributed by atoms with Gasteiger partial charge >= 0.3 is 6.03 Å². The zero-order valence-electron chi connectivity index (χ0n) is 17.8. The van der Waals surface area contributed by atoms with Crippen molar-refractivity contribution in [2.75, 3.05) is 30.3 Å². The molecule has 1 saturated heterocycles. The van der Waals surface area contributed by atoms with E-state index >= 15 is 0 Å². The van der Waals surface area contributed by atoms with Crippen LogP contribution in [0.4, 0.5) is 15.5 Å². The lowest BCUT2D eigenvalue weighted by atomic mass is 9.94. The predicted molar refractivity (Wildman–Crippen MR) is 131 cm³/mol. The highest BCUT2D eigenvalue weighted by atomic mass is 35.5. The number of hydrogen-bond donors (Lipinski definition) is 3. The van der Waals surface area contributed by atoms with E-state index in [1.807, 2.05) is 20.8 Å². The third-order valence-corrected chi connectivity index (χ3v) is 7.58. The van der Waals surface area contributed by atoms with E-state index in [-0.39, 0.29) is 44.4 Å². The summed E-state index contributed by atoms with van der Waals surface area (Å²) in [6, 6.07) is 4.29. The first kappa shape index (κ1) is 24.6. The molecule has 0 spiro atoms. The van der Waals surface area contributed by atoms with Crippen molar-refractivity contribution >= 4 is 74.7 Å². The number of carbonyl (C=O) groups excluding carboxylic acids is 3. The molecule has 1 aromatic heterocycles. The summed E-state index contributed by atoms with van der Waals surface area (Å²) in [5.41, 5.74) is 0.445. The summed E-state index contributed by atoms with van der Waals surface area (Å²) in [4.78, 5) is 40.2. The van der Waals surface area contributed by atoms with Gasteiger partial charge < -0.3 is 15.5 Å². The number of urea groups is 1. The maximum atomic E-state index is 13.3. The molecule has 172 valence electrons. The molecule has 7 nitrogen and oxygen atoms in total. The SMILES string of the molecule is CC(C)(C)c1cc(C(=O)N2CCNC(=O)CC2)c(NC(=O)Nc2ccc(Cl)c(Cl)c2Cl)s1. The maximum absolute atomic E-state index is 13.3. The Labute approximate surface area is 205 Å². The number of benzene rings is 1. The Morgan fingerprint density at radius 1 is 1.09 bits per heavy atom. The van der Waals surface area contributed by atoms with Gasteiger partial charge in [-0.25, -0.2) is 4.79 Å². The molecule has 0 radical (unpaired) electrons. The molecule has 1 aliphatic rings. The molecular weight excluding hydrogens is 495 g/mol. The number of rotatable bonds is 3. The van der Waals surface area contributed by atoms with E-state index < -0.39 is 6.03 Å². The van der Waals surface area contributed by atoms with Crippen molar-refractivity contribution in [3.63, 3.8) is 0 Å². The lowest BCUT2D eigenvalue weighted by molar-refractivity contribution is -0.120. The molecule has 3 N–H and O–H groups in total. The molecule has 0 bridgehead atoms. The van der Waals surface area contributed by atoms with E-state index in [2.05, 4.69) is 16.0 Å². The second kappa shape index (κ2) is 9.87. The van der Waals surface area contributed by atoms with Crippen molar-refractivity contribution in [2.45, 2.75) is 32.6 Å². The average Bonchev–Trinajstić information content (AvgIpc) is 3.02. The molecule has 3 rings (SSSR count). The summed E-state index contributed by atoms with van der Waals surface area (Å²) in [7, 11) is 0. The zero-order valence-corrected chi connectivity index (χ0v) is 20.9. The van der Waals surface area contributed by atoms with Crippen molar-refractivity contribution in [3.05, 3.63) is 43.7 Å². The molecular formula is C21H23Cl3N4O3S. The molecule has 0 atom stereocenters. The predicted octanol–water partition coefficient (Wildman–Crippen LogP) is 5.61. The number of hydrogen-bond acceptors (Lipinski definition) is 4. The number of thiophene rings is 1. The van der Waals surface area contributed by atoms with Crippen LogP contribution in [0.2, 0.25) is 15.1 Å². The summed E-state index contributed by atoms with van der Waals surface area (Å²) >= 11 is 19.5. The van der Waals surface area contributed by atoms with Crippen LogP contribution in [0.1, 0.15) is 42.4 Å². The van der Waals surface area contributed by atoms with E-state index in [9.17, 15) is 14.4 Å². The zero-order chi connectivity index (χ0) is 23.6. The first-order valence-corrected chi connectivity index (χ1v) is 11.8. The fourth-order valence-electron chi connectivity index (χ4n) is 3.03. The molecule has 0 unspecified atom stereocenters. The third kappa shape index (κ3) is 5.67. The molecule has 1 fully saturated rings. The van der Waals surface area contributed by atoms with Crippen LogP contribution in [0.3, 0.4) is 0 Å². The van der Waals surface area contributed by atoms with Crippen LogP contribution in [0.5, 0.6) is 0 Å². The largest absolute Gasteiger partial charge is 0.354 e. The van der Waals surface area contributed by atoms with Gasteiger partial charge in [0, 0.05) is 30.9 Å². The second-order valence-electron chi connectivity index (χ2n) is 8.30. The van der Waals surface area contributed by atoms with Gasteiger partial charge in [-0.3, -0.25) is 14.9 Å². The van der Waals surface area contributed by atoms with Crippen molar-refractivity contribution in [3.8, 4) is 0 Å². The van der Waals surface area contributed by atoms with Crippen LogP contribution in [-0.4, -0.2) is 42.4 Å². The minimum absolute atomic E-state index is 0.0859. The number of nitrogens with zero attached hydrogens (tertiary/aromatic N) is 1. The highest BCUT2D eigenvalue weighted by Crippen LogP contribution is 2.38. The smallest absolute Gasteiger partial charge is 0.324 e. The summed E-state index contributed by atoms with van der Waals surface area (Å²) < 4.78 is 0. The number of halogens is 3. The van der Waals surface area contributed by atoms with E-state index in [4.69, 9.17) is 34.8 Å². The van der Waals surface area contributed by atoms with Crippen molar-refractivity contribution in [1.82, 2.24) is 10.2 Å². The van der Waals surface area contributed by atoms with Crippen LogP contribution >= 0.6 is 46.1 Å². The molecule has 32 heavy (non-hydrogen) atoms. The second-order valence-corrected chi connectivity index (χ2v) is 10.5. The summed E-state index contributed by atoms with van der Waals surface area (Å²) in [5.74, 6) is -0.326. The van der Waals surface area contributed by atoms with Gasteiger partial charge in [0.1, 0.15) is 5.00 Å². The van der Waals surface area contributed by atoms with Gasteiger partial charge in [0.15, 0.2) is 0 Å². The number of carbonyl (C=O) groups is 3. The van der Waals surface area contributed by atoms with Crippen molar-refractivity contribution in [2.24, 2.45) is 0 Å². The Morgan fingerprint density at radius 2 is 1.81 bits per heavy atom. The quantitative estimate of drug-likeness (QED) is 0.462. The molecule has 1 aromatic carbocycles. The van der Waals surface area contributed by atoms with E-state index in [0.717, 1.165) is 4.88 Å². The van der Waals surface area contributed by atoms with Crippen LogP contribution in [-0.2, 0) is 10.2 Å². The Balaban J connectivity index is 1.86. The normalized spacial score (nSPS) is 14.6. The minimum atomic E-state index is -0.575. The Bertz CT molecular complexity index is 1070. The van der Waals surface area contributed by atoms with Gasteiger partial charge in [0.2, 0.25) is 5.91 Å². The molecule has 4 amide bonds. The van der Waals surface area contributed by atoms with Crippen LogP contribution in [0.25, 0.3) is 0 Å². The highest BCUT2D eigenvalue weighted by Gasteiger charge is 2.28. The van der Waals surface area contributed by atoms with Gasteiger partial charge in [0.05, 0.1) is 26.3 Å². The Hall–Kier alpha value is -2.00.